The molecule has 0 saturated heterocycles. The van der Waals surface area contributed by atoms with Gasteiger partial charge in [0.25, 0.3) is 0 Å². The second-order valence-electron chi connectivity index (χ2n) is 6.29. The van der Waals surface area contributed by atoms with Gasteiger partial charge in [-0.05, 0) is 32.6 Å². The SMILES string of the molecule is CCCCCCCCOCC(O)CNC1(C)CCC1. The van der Waals surface area contributed by atoms with Crippen LogP contribution in [0.1, 0.15) is 71.6 Å². The van der Waals surface area contributed by atoms with E-state index in [-0.39, 0.29) is 11.6 Å². The summed E-state index contributed by atoms with van der Waals surface area (Å²) in [6.07, 6.45) is 11.1. The molecule has 0 aromatic heterocycles. The molecule has 0 aromatic rings. The molecule has 1 aliphatic carbocycles. The van der Waals surface area contributed by atoms with Crippen LogP contribution in [-0.2, 0) is 4.74 Å². The van der Waals surface area contributed by atoms with Gasteiger partial charge in [-0.15, -0.1) is 0 Å². The molecule has 0 spiro atoms. The van der Waals surface area contributed by atoms with Crippen LogP contribution in [0.5, 0.6) is 0 Å². The smallest absolute Gasteiger partial charge is 0.0897 e. The topological polar surface area (TPSA) is 41.5 Å². The zero-order valence-electron chi connectivity index (χ0n) is 12.9. The summed E-state index contributed by atoms with van der Waals surface area (Å²) >= 11 is 0. The van der Waals surface area contributed by atoms with Crippen molar-refractivity contribution in [3.63, 3.8) is 0 Å². The first-order valence-electron chi connectivity index (χ1n) is 8.17. The highest BCUT2D eigenvalue weighted by atomic mass is 16.5. The Morgan fingerprint density at radius 2 is 1.84 bits per heavy atom. The van der Waals surface area contributed by atoms with E-state index in [2.05, 4.69) is 19.2 Å². The molecule has 1 fully saturated rings. The molecule has 0 amide bonds. The van der Waals surface area contributed by atoms with Gasteiger partial charge in [0.05, 0.1) is 12.7 Å². The lowest BCUT2D eigenvalue weighted by Crippen LogP contribution is -2.51. The normalized spacial score (nSPS) is 19.1. The molecule has 3 heteroatoms. The first-order valence-corrected chi connectivity index (χ1v) is 8.17. The van der Waals surface area contributed by atoms with E-state index in [1.807, 2.05) is 0 Å². The van der Waals surface area contributed by atoms with Crippen LogP contribution < -0.4 is 5.32 Å². The summed E-state index contributed by atoms with van der Waals surface area (Å²) in [6, 6.07) is 0. The third-order valence-electron chi connectivity index (χ3n) is 4.17. The fraction of sp³-hybridized carbons (Fsp3) is 1.00. The van der Waals surface area contributed by atoms with Crippen molar-refractivity contribution in [2.24, 2.45) is 0 Å². The summed E-state index contributed by atoms with van der Waals surface area (Å²) < 4.78 is 5.53. The van der Waals surface area contributed by atoms with Gasteiger partial charge >= 0.3 is 0 Å². The van der Waals surface area contributed by atoms with Gasteiger partial charge in [0.15, 0.2) is 0 Å². The summed E-state index contributed by atoms with van der Waals surface area (Å²) in [5, 5.41) is 13.3. The molecule has 3 nitrogen and oxygen atoms in total. The minimum Gasteiger partial charge on any atom is -0.389 e. The van der Waals surface area contributed by atoms with Crippen LogP contribution in [0.15, 0.2) is 0 Å². The number of β-amino-alcohol motifs (C(OH)–C–C–N with tert-alkyl or cyclic N) is 1. The van der Waals surface area contributed by atoms with Crippen LogP contribution in [0.25, 0.3) is 0 Å². The van der Waals surface area contributed by atoms with Gasteiger partial charge in [-0.3, -0.25) is 0 Å². The van der Waals surface area contributed by atoms with Crippen LogP contribution in [0.3, 0.4) is 0 Å². The third-order valence-corrected chi connectivity index (χ3v) is 4.17. The summed E-state index contributed by atoms with van der Waals surface area (Å²) in [5.74, 6) is 0. The van der Waals surface area contributed by atoms with Crippen LogP contribution in [-0.4, -0.2) is 36.5 Å². The second kappa shape index (κ2) is 9.73. The Hall–Kier alpha value is -0.120. The first kappa shape index (κ1) is 16.9. The Labute approximate surface area is 119 Å². The fourth-order valence-electron chi connectivity index (χ4n) is 2.51. The van der Waals surface area contributed by atoms with Crippen LogP contribution in [0.4, 0.5) is 0 Å². The van der Waals surface area contributed by atoms with Gasteiger partial charge in [0, 0.05) is 18.7 Å². The lowest BCUT2D eigenvalue weighted by atomic mass is 9.78. The molecule has 1 rings (SSSR count). The fourth-order valence-corrected chi connectivity index (χ4v) is 2.51. The Balaban J connectivity index is 1.83. The van der Waals surface area contributed by atoms with Gasteiger partial charge in [0.2, 0.25) is 0 Å². The molecule has 1 unspecified atom stereocenters. The summed E-state index contributed by atoms with van der Waals surface area (Å²) in [7, 11) is 0. The maximum absolute atomic E-state index is 9.82. The summed E-state index contributed by atoms with van der Waals surface area (Å²) in [4.78, 5) is 0. The summed E-state index contributed by atoms with van der Waals surface area (Å²) in [5.41, 5.74) is 0.278. The lowest BCUT2D eigenvalue weighted by Gasteiger charge is -2.40. The second-order valence-corrected chi connectivity index (χ2v) is 6.29. The number of hydrogen-bond donors (Lipinski definition) is 2. The van der Waals surface area contributed by atoms with E-state index in [0.29, 0.717) is 13.2 Å². The van der Waals surface area contributed by atoms with Crippen molar-refractivity contribution in [2.75, 3.05) is 19.8 Å². The monoisotopic (exact) mass is 271 g/mol. The first-order chi connectivity index (χ1) is 9.16. The number of aliphatic hydroxyl groups excluding tert-OH is 1. The molecular weight excluding hydrogens is 238 g/mol. The minimum absolute atomic E-state index is 0.278. The molecule has 1 saturated carbocycles. The van der Waals surface area contributed by atoms with Crippen LogP contribution in [0, 0.1) is 0 Å². The van der Waals surface area contributed by atoms with Crippen molar-refractivity contribution in [1.82, 2.24) is 5.32 Å². The highest BCUT2D eigenvalue weighted by Gasteiger charge is 2.31. The maximum atomic E-state index is 9.82. The lowest BCUT2D eigenvalue weighted by molar-refractivity contribution is 0.0278. The zero-order valence-corrected chi connectivity index (χ0v) is 12.9. The van der Waals surface area contributed by atoms with E-state index in [9.17, 15) is 5.11 Å². The molecule has 2 N–H and O–H groups in total. The Bertz CT molecular complexity index is 217. The van der Waals surface area contributed by atoms with Crippen LogP contribution in [0.2, 0.25) is 0 Å². The summed E-state index contributed by atoms with van der Waals surface area (Å²) in [6.45, 7) is 6.40. The Morgan fingerprint density at radius 1 is 1.16 bits per heavy atom. The van der Waals surface area contributed by atoms with Crippen molar-refractivity contribution >= 4 is 0 Å². The number of nitrogens with one attached hydrogen (secondary N) is 1. The minimum atomic E-state index is -0.363. The Morgan fingerprint density at radius 3 is 2.47 bits per heavy atom. The predicted octanol–water partition coefficient (Wildman–Crippen LogP) is 3.26. The molecule has 19 heavy (non-hydrogen) atoms. The molecule has 0 aliphatic heterocycles. The molecule has 0 bridgehead atoms. The molecular formula is C16H33NO2. The number of rotatable bonds is 12. The van der Waals surface area contributed by atoms with Gasteiger partial charge in [-0.25, -0.2) is 0 Å². The van der Waals surface area contributed by atoms with Crippen molar-refractivity contribution in [2.45, 2.75) is 83.3 Å². The maximum Gasteiger partial charge on any atom is 0.0897 e. The van der Waals surface area contributed by atoms with Crippen molar-refractivity contribution in [1.29, 1.82) is 0 Å². The van der Waals surface area contributed by atoms with E-state index in [1.165, 1.54) is 51.4 Å². The van der Waals surface area contributed by atoms with E-state index < -0.39 is 0 Å². The number of aliphatic hydroxyl groups is 1. The molecule has 114 valence electrons. The predicted molar refractivity (Wildman–Crippen MR) is 80.5 cm³/mol. The number of unbranched alkanes of at least 4 members (excludes halogenated alkanes) is 5. The Kier molecular flexibility index (Phi) is 8.67. The standard InChI is InChI=1S/C16H33NO2/c1-3-4-5-6-7-8-12-19-14-15(18)13-17-16(2)10-9-11-16/h15,17-18H,3-14H2,1-2H3. The quantitative estimate of drug-likeness (QED) is 0.535. The average molecular weight is 271 g/mol. The molecule has 0 heterocycles. The van der Waals surface area contributed by atoms with E-state index in [1.54, 1.807) is 0 Å². The molecule has 0 aromatic carbocycles. The average Bonchev–Trinajstić information content (AvgIpc) is 2.37. The van der Waals surface area contributed by atoms with E-state index in [4.69, 9.17) is 4.74 Å². The van der Waals surface area contributed by atoms with E-state index in [0.717, 1.165) is 13.0 Å². The highest BCUT2D eigenvalue weighted by molar-refractivity contribution is 4.91. The largest absolute Gasteiger partial charge is 0.389 e. The van der Waals surface area contributed by atoms with Crippen molar-refractivity contribution in [3.8, 4) is 0 Å². The highest BCUT2D eigenvalue weighted by Crippen LogP contribution is 2.30. The van der Waals surface area contributed by atoms with Crippen LogP contribution >= 0.6 is 0 Å². The number of ether oxygens (including phenoxy) is 1. The van der Waals surface area contributed by atoms with Gasteiger partial charge in [-0.2, -0.15) is 0 Å². The van der Waals surface area contributed by atoms with Crippen molar-refractivity contribution in [3.05, 3.63) is 0 Å². The number of hydrogen-bond acceptors (Lipinski definition) is 3. The zero-order chi connectivity index (χ0) is 14.0. The van der Waals surface area contributed by atoms with Gasteiger partial charge in [-0.1, -0.05) is 39.0 Å². The molecule has 1 atom stereocenters. The van der Waals surface area contributed by atoms with Gasteiger partial charge < -0.3 is 15.2 Å². The van der Waals surface area contributed by atoms with E-state index >= 15 is 0 Å². The molecule has 0 radical (unpaired) electrons. The van der Waals surface area contributed by atoms with Crippen molar-refractivity contribution < 1.29 is 9.84 Å². The van der Waals surface area contributed by atoms with Gasteiger partial charge in [0.1, 0.15) is 0 Å². The third kappa shape index (κ3) is 7.91. The molecule has 1 aliphatic rings.